The number of aromatic amines is 1. The molecular weight excluding hydrogens is 354 g/mol. The number of ether oxygens (including phenoxy) is 1. The van der Waals surface area contributed by atoms with Crippen molar-refractivity contribution < 1.29 is 4.74 Å². The molecule has 0 saturated heterocycles. The first-order valence-corrected chi connectivity index (χ1v) is 9.01. The normalized spacial score (nSPS) is 15.6. The van der Waals surface area contributed by atoms with Gasteiger partial charge in [-0.25, -0.2) is 0 Å². The largest absolute Gasteiger partial charge is 0.497 e. The summed E-state index contributed by atoms with van der Waals surface area (Å²) < 4.78 is 7.97. The summed E-state index contributed by atoms with van der Waals surface area (Å²) in [6.45, 7) is 0. The van der Waals surface area contributed by atoms with Crippen molar-refractivity contribution in [3.8, 4) is 11.4 Å². The topological polar surface area (TPSA) is 42.8 Å². The monoisotopic (exact) mass is 371 g/mol. The fourth-order valence-corrected chi connectivity index (χ4v) is 3.91. The predicted octanol–water partition coefficient (Wildman–Crippen LogP) is 5.06. The van der Waals surface area contributed by atoms with Crippen molar-refractivity contribution in [1.29, 1.82) is 0 Å². The Bertz CT molecular complexity index is 957. The van der Waals surface area contributed by atoms with Crippen LogP contribution >= 0.6 is 23.8 Å². The highest BCUT2D eigenvalue weighted by Crippen LogP contribution is 2.48. The van der Waals surface area contributed by atoms with Crippen LogP contribution in [0.1, 0.15) is 30.7 Å². The second kappa shape index (κ2) is 6.32. The van der Waals surface area contributed by atoms with Crippen LogP contribution in [-0.4, -0.2) is 21.9 Å². The molecule has 1 aliphatic carbocycles. The van der Waals surface area contributed by atoms with Crippen molar-refractivity contribution in [2.45, 2.75) is 24.7 Å². The van der Waals surface area contributed by atoms with Gasteiger partial charge in [-0.15, -0.1) is 0 Å². The van der Waals surface area contributed by atoms with Crippen LogP contribution in [0.3, 0.4) is 0 Å². The lowest BCUT2D eigenvalue weighted by Gasteiger charge is -2.41. The molecule has 1 heterocycles. The molecule has 1 fully saturated rings. The van der Waals surface area contributed by atoms with Crippen molar-refractivity contribution in [2.24, 2.45) is 0 Å². The standard InChI is InChI=1S/C19H18ClN3OS/c1-24-16-5-2-4-15(12-16)23-17(21-22-18(23)25)19(10-3-11-19)13-6-8-14(20)9-7-13/h2,4-9,12H,3,10-11H2,1H3,(H,22,25). The molecule has 2 aromatic carbocycles. The van der Waals surface area contributed by atoms with Crippen molar-refractivity contribution in [3.63, 3.8) is 0 Å². The smallest absolute Gasteiger partial charge is 0.199 e. The lowest BCUT2D eigenvalue weighted by atomic mass is 9.64. The first-order chi connectivity index (χ1) is 12.1. The summed E-state index contributed by atoms with van der Waals surface area (Å²) in [6, 6.07) is 15.9. The fourth-order valence-electron chi connectivity index (χ4n) is 3.55. The fraction of sp³-hybridized carbons (Fsp3) is 0.263. The van der Waals surface area contributed by atoms with Crippen LogP contribution in [-0.2, 0) is 5.41 Å². The third-order valence-electron chi connectivity index (χ3n) is 5.02. The minimum Gasteiger partial charge on any atom is -0.497 e. The SMILES string of the molecule is COc1cccc(-n2c(C3(c4ccc(Cl)cc4)CCC3)n[nH]c2=S)c1. The molecule has 0 aliphatic heterocycles. The maximum atomic E-state index is 6.08. The van der Waals surface area contributed by atoms with E-state index in [4.69, 9.17) is 28.6 Å². The molecule has 0 atom stereocenters. The minimum absolute atomic E-state index is 0.138. The van der Waals surface area contributed by atoms with Crippen LogP contribution in [0, 0.1) is 4.77 Å². The van der Waals surface area contributed by atoms with Gasteiger partial charge < -0.3 is 4.74 Å². The molecule has 1 aromatic heterocycles. The predicted molar refractivity (Wildman–Crippen MR) is 101 cm³/mol. The number of benzene rings is 2. The van der Waals surface area contributed by atoms with Crippen molar-refractivity contribution in [3.05, 3.63) is 69.7 Å². The molecule has 1 N–H and O–H groups in total. The van der Waals surface area contributed by atoms with E-state index in [-0.39, 0.29) is 5.41 Å². The van der Waals surface area contributed by atoms with Crippen LogP contribution in [0.4, 0.5) is 0 Å². The second-order valence-corrected chi connectivity index (χ2v) is 7.15. The molecule has 128 valence electrons. The Morgan fingerprint density at radius 2 is 1.96 bits per heavy atom. The zero-order valence-electron chi connectivity index (χ0n) is 13.8. The molecule has 0 radical (unpaired) electrons. The summed E-state index contributed by atoms with van der Waals surface area (Å²) in [4.78, 5) is 0. The minimum atomic E-state index is -0.138. The molecule has 4 rings (SSSR count). The van der Waals surface area contributed by atoms with E-state index in [1.54, 1.807) is 7.11 Å². The number of nitrogens with one attached hydrogen (secondary N) is 1. The third kappa shape index (κ3) is 2.68. The van der Waals surface area contributed by atoms with Crippen LogP contribution in [0.2, 0.25) is 5.02 Å². The Morgan fingerprint density at radius 1 is 1.20 bits per heavy atom. The lowest BCUT2D eigenvalue weighted by molar-refractivity contribution is 0.281. The van der Waals surface area contributed by atoms with E-state index in [0.717, 1.165) is 35.1 Å². The van der Waals surface area contributed by atoms with Gasteiger partial charge in [-0.2, -0.15) is 5.10 Å². The van der Waals surface area contributed by atoms with E-state index in [9.17, 15) is 0 Å². The summed E-state index contributed by atoms with van der Waals surface area (Å²) in [7, 11) is 1.66. The van der Waals surface area contributed by atoms with Crippen molar-refractivity contribution in [2.75, 3.05) is 7.11 Å². The maximum Gasteiger partial charge on any atom is 0.199 e. The Hall–Kier alpha value is -2.11. The molecule has 1 saturated carbocycles. The second-order valence-electron chi connectivity index (χ2n) is 6.33. The lowest BCUT2D eigenvalue weighted by Crippen LogP contribution is -2.38. The van der Waals surface area contributed by atoms with E-state index in [1.807, 2.05) is 41.0 Å². The van der Waals surface area contributed by atoms with Crippen LogP contribution in [0.15, 0.2) is 48.5 Å². The zero-order valence-corrected chi connectivity index (χ0v) is 15.4. The van der Waals surface area contributed by atoms with Gasteiger partial charge in [-0.05, 0) is 54.9 Å². The molecule has 0 bridgehead atoms. The molecule has 3 aromatic rings. The average Bonchev–Trinajstić information content (AvgIpc) is 2.97. The van der Waals surface area contributed by atoms with Gasteiger partial charge in [0.2, 0.25) is 0 Å². The summed E-state index contributed by atoms with van der Waals surface area (Å²) in [5.74, 6) is 1.74. The quantitative estimate of drug-likeness (QED) is 0.651. The number of halogens is 1. The van der Waals surface area contributed by atoms with E-state index in [1.165, 1.54) is 12.0 Å². The molecule has 6 heteroatoms. The summed E-state index contributed by atoms with van der Waals surface area (Å²) in [6.07, 6.45) is 3.25. The van der Waals surface area contributed by atoms with Crippen LogP contribution in [0.25, 0.3) is 5.69 Å². The van der Waals surface area contributed by atoms with Gasteiger partial charge in [0.15, 0.2) is 4.77 Å². The van der Waals surface area contributed by atoms with Crippen molar-refractivity contribution >= 4 is 23.8 Å². The van der Waals surface area contributed by atoms with Gasteiger partial charge in [0, 0.05) is 11.1 Å². The van der Waals surface area contributed by atoms with E-state index >= 15 is 0 Å². The van der Waals surface area contributed by atoms with E-state index in [0.29, 0.717) is 4.77 Å². The molecular formula is C19H18ClN3OS. The summed E-state index contributed by atoms with van der Waals surface area (Å²) in [5, 5.41) is 8.33. The van der Waals surface area contributed by atoms with E-state index in [2.05, 4.69) is 22.3 Å². The molecule has 0 amide bonds. The number of methoxy groups -OCH3 is 1. The Balaban J connectivity index is 1.88. The molecule has 4 nitrogen and oxygen atoms in total. The number of H-pyrrole nitrogens is 1. The molecule has 0 spiro atoms. The summed E-state index contributed by atoms with van der Waals surface area (Å²) >= 11 is 11.6. The van der Waals surface area contributed by atoms with Crippen LogP contribution < -0.4 is 4.74 Å². The number of hydrogen-bond donors (Lipinski definition) is 1. The first-order valence-electron chi connectivity index (χ1n) is 8.22. The highest BCUT2D eigenvalue weighted by atomic mass is 35.5. The Morgan fingerprint density at radius 3 is 2.60 bits per heavy atom. The Labute approximate surface area is 156 Å². The highest BCUT2D eigenvalue weighted by molar-refractivity contribution is 7.71. The van der Waals surface area contributed by atoms with Crippen LogP contribution in [0.5, 0.6) is 5.75 Å². The number of rotatable bonds is 4. The third-order valence-corrected chi connectivity index (χ3v) is 5.54. The number of nitrogens with zero attached hydrogens (tertiary/aromatic N) is 2. The zero-order chi connectivity index (χ0) is 17.4. The average molecular weight is 372 g/mol. The van der Waals surface area contributed by atoms with Gasteiger partial charge >= 0.3 is 0 Å². The summed E-state index contributed by atoms with van der Waals surface area (Å²) in [5.41, 5.74) is 2.04. The molecule has 1 aliphatic rings. The number of hydrogen-bond acceptors (Lipinski definition) is 3. The maximum absolute atomic E-state index is 6.08. The van der Waals surface area contributed by atoms with Gasteiger partial charge in [0.25, 0.3) is 0 Å². The van der Waals surface area contributed by atoms with Gasteiger partial charge in [-0.3, -0.25) is 9.67 Å². The van der Waals surface area contributed by atoms with E-state index < -0.39 is 0 Å². The Kier molecular flexibility index (Phi) is 4.13. The van der Waals surface area contributed by atoms with Gasteiger partial charge in [-0.1, -0.05) is 36.2 Å². The molecule has 0 unspecified atom stereocenters. The number of aromatic nitrogens is 3. The van der Waals surface area contributed by atoms with Crippen molar-refractivity contribution in [1.82, 2.24) is 14.8 Å². The first kappa shape index (κ1) is 16.4. The molecule has 25 heavy (non-hydrogen) atoms. The van der Waals surface area contributed by atoms with Gasteiger partial charge in [0.05, 0.1) is 18.2 Å². The van der Waals surface area contributed by atoms with Gasteiger partial charge in [0.1, 0.15) is 11.6 Å². The highest BCUT2D eigenvalue weighted by Gasteiger charge is 2.44.